The maximum absolute atomic E-state index is 9.26. The molecule has 1 saturated heterocycles. The van der Waals surface area contributed by atoms with Crippen molar-refractivity contribution in [3.63, 3.8) is 0 Å². The number of aryl methyl sites for hydroxylation is 1. The zero-order chi connectivity index (χ0) is 14.7. The molecule has 1 aromatic carbocycles. The van der Waals surface area contributed by atoms with Crippen LogP contribution in [0.5, 0.6) is 0 Å². The molecule has 2 N–H and O–H groups in total. The summed E-state index contributed by atoms with van der Waals surface area (Å²) in [5.41, 5.74) is 3.01. The van der Waals surface area contributed by atoms with E-state index >= 15 is 0 Å². The Labute approximate surface area is 127 Å². The number of nitrogens with one attached hydrogen (secondary N) is 1. The van der Waals surface area contributed by atoms with E-state index in [1.54, 1.807) is 0 Å². The number of benzene rings is 1. The van der Waals surface area contributed by atoms with Gasteiger partial charge in [-0.3, -0.25) is 0 Å². The summed E-state index contributed by atoms with van der Waals surface area (Å²) in [6, 6.07) is 9.53. The van der Waals surface area contributed by atoms with Crippen LogP contribution in [0.25, 0.3) is 0 Å². The second-order valence-corrected chi connectivity index (χ2v) is 6.94. The summed E-state index contributed by atoms with van der Waals surface area (Å²) in [4.78, 5) is 0. The van der Waals surface area contributed by atoms with Gasteiger partial charge in [0.25, 0.3) is 0 Å². The van der Waals surface area contributed by atoms with Gasteiger partial charge in [-0.1, -0.05) is 29.8 Å². The molecular formula is C18H27NO2. The minimum absolute atomic E-state index is 0.170. The molecule has 3 nitrogen and oxygen atoms in total. The average Bonchev–Trinajstić information content (AvgIpc) is 2.86. The number of hydrogen-bond acceptors (Lipinski definition) is 3. The van der Waals surface area contributed by atoms with E-state index in [0.29, 0.717) is 6.04 Å². The van der Waals surface area contributed by atoms with Crippen LogP contribution >= 0.6 is 0 Å². The maximum atomic E-state index is 9.26. The third kappa shape index (κ3) is 3.47. The fourth-order valence-corrected chi connectivity index (χ4v) is 3.65. The Kier molecular flexibility index (Phi) is 4.63. The Morgan fingerprint density at radius 3 is 2.90 bits per heavy atom. The molecule has 0 aromatic heterocycles. The predicted octanol–water partition coefficient (Wildman–Crippen LogP) is 2.62. The average molecular weight is 289 g/mol. The molecule has 1 atom stereocenters. The summed E-state index contributed by atoms with van der Waals surface area (Å²) >= 11 is 0. The zero-order valence-corrected chi connectivity index (χ0v) is 13.0. The molecule has 2 aliphatic rings. The monoisotopic (exact) mass is 289 g/mol. The number of aliphatic hydroxyl groups is 1. The molecule has 116 valence electrons. The smallest absolute Gasteiger partial charge is 0.0536 e. The zero-order valence-electron chi connectivity index (χ0n) is 13.0. The van der Waals surface area contributed by atoms with Crippen LogP contribution in [0.1, 0.15) is 42.7 Å². The Bertz CT molecular complexity index is 462. The first-order valence-corrected chi connectivity index (χ1v) is 8.19. The van der Waals surface area contributed by atoms with E-state index in [-0.39, 0.29) is 12.0 Å². The van der Waals surface area contributed by atoms with Crippen molar-refractivity contribution in [1.29, 1.82) is 0 Å². The summed E-state index contributed by atoms with van der Waals surface area (Å²) in [5.74, 6) is 0.719. The van der Waals surface area contributed by atoms with Gasteiger partial charge < -0.3 is 15.2 Å². The van der Waals surface area contributed by atoms with E-state index < -0.39 is 0 Å². The highest BCUT2D eigenvalue weighted by Gasteiger charge is 2.37. The van der Waals surface area contributed by atoms with Crippen LogP contribution in [0, 0.1) is 12.3 Å². The fraction of sp³-hybridized carbons (Fsp3) is 0.667. The molecule has 3 heteroatoms. The van der Waals surface area contributed by atoms with E-state index in [9.17, 15) is 5.11 Å². The third-order valence-corrected chi connectivity index (χ3v) is 5.24. The Hall–Kier alpha value is -0.900. The van der Waals surface area contributed by atoms with Crippen LogP contribution in [0.2, 0.25) is 0 Å². The summed E-state index contributed by atoms with van der Waals surface area (Å²) in [6.07, 6.45) is 4.40. The maximum Gasteiger partial charge on any atom is 0.0536 e. The lowest BCUT2D eigenvalue weighted by Crippen LogP contribution is -2.46. The third-order valence-electron chi connectivity index (χ3n) is 5.24. The lowest BCUT2D eigenvalue weighted by atomic mass is 9.74. The fourth-order valence-electron chi connectivity index (χ4n) is 3.65. The molecule has 21 heavy (non-hydrogen) atoms. The molecule has 1 aliphatic heterocycles. The molecular weight excluding hydrogens is 262 g/mol. The second kappa shape index (κ2) is 6.47. The van der Waals surface area contributed by atoms with Crippen molar-refractivity contribution in [2.75, 3.05) is 26.4 Å². The van der Waals surface area contributed by atoms with Crippen molar-refractivity contribution in [2.45, 2.75) is 44.6 Å². The van der Waals surface area contributed by atoms with Gasteiger partial charge in [-0.2, -0.15) is 0 Å². The summed E-state index contributed by atoms with van der Waals surface area (Å²) < 4.78 is 5.55. The van der Waals surface area contributed by atoms with Gasteiger partial charge in [-0.25, -0.2) is 0 Å². The lowest BCUT2D eigenvalue weighted by molar-refractivity contribution is 0.116. The van der Waals surface area contributed by atoms with E-state index in [2.05, 4.69) is 36.5 Å². The van der Waals surface area contributed by atoms with Gasteiger partial charge in [0.1, 0.15) is 0 Å². The lowest BCUT2D eigenvalue weighted by Gasteiger charge is -2.39. The van der Waals surface area contributed by atoms with Crippen LogP contribution in [-0.2, 0) is 4.74 Å². The van der Waals surface area contributed by atoms with Gasteiger partial charge >= 0.3 is 0 Å². The number of rotatable bonds is 6. The molecule has 0 radical (unpaired) electrons. The van der Waals surface area contributed by atoms with Gasteiger partial charge in [0.2, 0.25) is 0 Å². The largest absolute Gasteiger partial charge is 0.396 e. The van der Waals surface area contributed by atoms with Crippen LogP contribution in [0.3, 0.4) is 0 Å². The normalized spacial score (nSPS) is 32.1. The van der Waals surface area contributed by atoms with Crippen LogP contribution < -0.4 is 5.32 Å². The predicted molar refractivity (Wildman–Crippen MR) is 84.5 cm³/mol. The quantitative estimate of drug-likeness (QED) is 0.846. The SMILES string of the molecule is Cc1cccc(C2CC(NCC3(CCO)CCOC3)C2)c1. The van der Waals surface area contributed by atoms with E-state index in [1.165, 1.54) is 24.0 Å². The van der Waals surface area contributed by atoms with Crippen LogP contribution in [0.15, 0.2) is 24.3 Å². The summed E-state index contributed by atoms with van der Waals surface area (Å²) in [6.45, 7) is 5.06. The first-order valence-electron chi connectivity index (χ1n) is 8.19. The molecule has 1 saturated carbocycles. The van der Waals surface area contributed by atoms with Crippen LogP contribution in [0.4, 0.5) is 0 Å². The van der Waals surface area contributed by atoms with Crippen molar-refractivity contribution >= 4 is 0 Å². The van der Waals surface area contributed by atoms with Crippen molar-refractivity contribution in [3.05, 3.63) is 35.4 Å². The molecule has 1 unspecified atom stereocenters. The molecule has 1 heterocycles. The van der Waals surface area contributed by atoms with Crippen molar-refractivity contribution in [1.82, 2.24) is 5.32 Å². The van der Waals surface area contributed by atoms with E-state index in [1.807, 2.05) is 0 Å². The van der Waals surface area contributed by atoms with E-state index in [4.69, 9.17) is 4.74 Å². The summed E-state index contributed by atoms with van der Waals surface area (Å²) in [5, 5.41) is 13.0. The Morgan fingerprint density at radius 2 is 2.24 bits per heavy atom. The second-order valence-electron chi connectivity index (χ2n) is 6.94. The standard InChI is InChI=1S/C18H27NO2/c1-14-3-2-4-15(9-14)16-10-17(11-16)19-12-18(5-7-20)6-8-21-13-18/h2-4,9,16-17,19-20H,5-8,10-13H2,1H3. The topological polar surface area (TPSA) is 41.5 Å². The summed E-state index contributed by atoms with van der Waals surface area (Å²) in [7, 11) is 0. The van der Waals surface area contributed by atoms with E-state index in [0.717, 1.165) is 38.5 Å². The van der Waals surface area contributed by atoms with Crippen molar-refractivity contribution < 1.29 is 9.84 Å². The highest BCUT2D eigenvalue weighted by molar-refractivity contribution is 5.27. The van der Waals surface area contributed by atoms with Crippen molar-refractivity contribution in [3.8, 4) is 0 Å². The number of ether oxygens (including phenoxy) is 1. The van der Waals surface area contributed by atoms with Crippen LogP contribution in [-0.4, -0.2) is 37.5 Å². The minimum atomic E-state index is 0.170. The first-order chi connectivity index (χ1) is 10.2. The molecule has 0 bridgehead atoms. The molecule has 2 fully saturated rings. The van der Waals surface area contributed by atoms with Gasteiger partial charge in [0.15, 0.2) is 0 Å². The molecule has 3 rings (SSSR count). The molecule has 1 aromatic rings. The highest BCUT2D eigenvalue weighted by atomic mass is 16.5. The Balaban J connectivity index is 1.46. The first kappa shape index (κ1) is 15.0. The molecule has 0 spiro atoms. The van der Waals surface area contributed by atoms with Crippen molar-refractivity contribution in [2.24, 2.45) is 5.41 Å². The number of aliphatic hydroxyl groups excluding tert-OH is 1. The minimum Gasteiger partial charge on any atom is -0.396 e. The van der Waals surface area contributed by atoms with Gasteiger partial charge in [0.05, 0.1) is 6.61 Å². The van der Waals surface area contributed by atoms with Gasteiger partial charge in [-0.05, 0) is 44.1 Å². The molecule has 0 amide bonds. The van der Waals surface area contributed by atoms with Gasteiger partial charge in [-0.15, -0.1) is 0 Å². The highest BCUT2D eigenvalue weighted by Crippen LogP contribution is 2.38. The Morgan fingerprint density at radius 1 is 1.38 bits per heavy atom. The van der Waals surface area contributed by atoms with Gasteiger partial charge in [0, 0.05) is 31.2 Å². The molecule has 1 aliphatic carbocycles. The number of hydrogen-bond donors (Lipinski definition) is 2.